The van der Waals surface area contributed by atoms with Crippen LogP contribution in [0.3, 0.4) is 0 Å². The molecule has 2 amide bonds. The number of hydrogen-bond acceptors (Lipinski definition) is 14. The molecule has 0 radical (unpaired) electrons. The van der Waals surface area contributed by atoms with Crippen LogP contribution in [-0.2, 0) is 24.3 Å². The number of anilines is 4. The molecule has 284 valence electrons. The lowest BCUT2D eigenvalue weighted by Crippen LogP contribution is -2.48. The van der Waals surface area contributed by atoms with Crippen molar-refractivity contribution in [2.45, 2.75) is 25.6 Å². The molecule has 18 heteroatoms. The quantitative estimate of drug-likeness (QED) is 0.0995. The first-order valence-electron chi connectivity index (χ1n) is 17.7. The van der Waals surface area contributed by atoms with Crippen molar-refractivity contribution >= 4 is 46.4 Å². The van der Waals surface area contributed by atoms with Crippen LogP contribution in [0, 0.1) is 17.1 Å². The summed E-state index contributed by atoms with van der Waals surface area (Å²) in [5, 5.41) is 31.4. The third-order valence-corrected chi connectivity index (χ3v) is 9.06. The van der Waals surface area contributed by atoms with Crippen molar-refractivity contribution in [2.24, 2.45) is 0 Å². The highest BCUT2D eigenvalue weighted by atomic mass is 19.1. The van der Waals surface area contributed by atoms with Gasteiger partial charge in [-0.3, -0.25) is 14.5 Å². The number of imidazole rings is 1. The number of piperazine rings is 1. The minimum atomic E-state index is -0.772. The molecular weight excluding hydrogens is 720 g/mol. The van der Waals surface area contributed by atoms with Crippen LogP contribution in [-0.4, -0.2) is 101 Å². The van der Waals surface area contributed by atoms with Gasteiger partial charge in [0, 0.05) is 70.3 Å². The van der Waals surface area contributed by atoms with Gasteiger partial charge in [-0.2, -0.15) is 20.2 Å². The fourth-order valence-electron chi connectivity index (χ4n) is 6.22. The number of nitriles is 1. The fraction of sp³-hybridized carbons (Fsp3) is 0.237. The van der Waals surface area contributed by atoms with Crippen LogP contribution in [0.25, 0.3) is 11.0 Å². The number of nitrogens with zero attached hydrogens (tertiary/aromatic N) is 9. The summed E-state index contributed by atoms with van der Waals surface area (Å²) in [5.41, 5.74) is 4.15. The number of amides is 2. The first kappa shape index (κ1) is 37.1. The number of benzene rings is 3. The molecule has 1 aliphatic heterocycles. The van der Waals surface area contributed by atoms with Gasteiger partial charge in [0.15, 0.2) is 5.69 Å². The number of H-pyrrole nitrogens is 1. The van der Waals surface area contributed by atoms with Crippen LogP contribution in [0.2, 0.25) is 0 Å². The summed E-state index contributed by atoms with van der Waals surface area (Å²) in [7, 11) is 1.54. The Morgan fingerprint density at radius 3 is 2.46 bits per heavy atom. The van der Waals surface area contributed by atoms with Crippen LogP contribution in [0.15, 0.2) is 79.1 Å². The van der Waals surface area contributed by atoms with E-state index in [1.165, 1.54) is 24.5 Å². The van der Waals surface area contributed by atoms with Gasteiger partial charge in [0.25, 0.3) is 5.91 Å². The molecule has 1 saturated heterocycles. The summed E-state index contributed by atoms with van der Waals surface area (Å²) in [6, 6.07) is 20.4. The predicted molar refractivity (Wildman–Crippen MR) is 204 cm³/mol. The summed E-state index contributed by atoms with van der Waals surface area (Å²) in [6.07, 6.45) is 2.99. The summed E-state index contributed by atoms with van der Waals surface area (Å²) < 4.78 is 13.8. The average Bonchev–Trinajstić information content (AvgIpc) is 3.62. The molecule has 17 nitrogen and oxygen atoms in total. The number of nitrogens with one attached hydrogen (secondary N) is 5. The molecule has 0 unspecified atom stereocenters. The average molecular weight is 757 g/mol. The second-order valence-electron chi connectivity index (χ2n) is 13.0. The molecule has 6 aromatic rings. The number of aromatic hydroxyl groups is 1. The maximum absolute atomic E-state index is 13.8. The zero-order valence-corrected chi connectivity index (χ0v) is 30.2. The number of halogens is 1. The summed E-state index contributed by atoms with van der Waals surface area (Å²) >= 11 is 0. The van der Waals surface area contributed by atoms with E-state index in [9.17, 15) is 24.3 Å². The molecule has 0 saturated carbocycles. The zero-order valence-electron chi connectivity index (χ0n) is 30.2. The van der Waals surface area contributed by atoms with Crippen molar-refractivity contribution in [3.8, 4) is 11.9 Å². The third kappa shape index (κ3) is 9.09. The molecule has 7 rings (SSSR count). The van der Waals surface area contributed by atoms with Gasteiger partial charge in [-0.05, 0) is 47.5 Å². The number of likely N-dealkylation sites (N-methyl/N-ethyl adjacent to an activating group) is 1. The number of carbonyl (C=O) groups is 2. The maximum atomic E-state index is 13.8. The summed E-state index contributed by atoms with van der Waals surface area (Å²) in [4.78, 5) is 58.9. The zero-order chi connectivity index (χ0) is 39.0. The number of carbonyl (C=O) groups excluding carboxylic acids is 2. The van der Waals surface area contributed by atoms with Gasteiger partial charge in [0.1, 0.15) is 17.7 Å². The van der Waals surface area contributed by atoms with Gasteiger partial charge in [0.05, 0.1) is 29.2 Å². The van der Waals surface area contributed by atoms with E-state index in [4.69, 9.17) is 0 Å². The number of hydrogen-bond donors (Lipinski definition) is 6. The Morgan fingerprint density at radius 1 is 0.929 bits per heavy atom. The van der Waals surface area contributed by atoms with E-state index in [1.807, 2.05) is 24.3 Å². The van der Waals surface area contributed by atoms with E-state index in [-0.39, 0.29) is 54.2 Å². The van der Waals surface area contributed by atoms with Gasteiger partial charge in [0.2, 0.25) is 29.6 Å². The molecule has 0 bridgehead atoms. The molecule has 1 aliphatic rings. The van der Waals surface area contributed by atoms with E-state index < -0.39 is 11.9 Å². The van der Waals surface area contributed by atoms with E-state index in [1.54, 1.807) is 42.3 Å². The van der Waals surface area contributed by atoms with Crippen molar-refractivity contribution in [1.82, 2.24) is 50.0 Å². The van der Waals surface area contributed by atoms with Crippen LogP contribution in [0.5, 0.6) is 5.88 Å². The van der Waals surface area contributed by atoms with Gasteiger partial charge < -0.3 is 36.3 Å². The molecule has 0 aliphatic carbocycles. The minimum Gasteiger partial charge on any atom is -0.492 e. The lowest BCUT2D eigenvalue weighted by atomic mass is 10.0. The molecule has 4 heterocycles. The number of aromatic nitrogens is 7. The van der Waals surface area contributed by atoms with E-state index >= 15 is 0 Å². The van der Waals surface area contributed by atoms with Crippen LogP contribution in [0.4, 0.5) is 27.9 Å². The Hall–Kier alpha value is -7.26. The molecule has 6 N–H and O–H groups in total. The Balaban J connectivity index is 1.07. The second kappa shape index (κ2) is 16.8. The van der Waals surface area contributed by atoms with Gasteiger partial charge in [-0.15, -0.1) is 0 Å². The Labute approximate surface area is 320 Å². The van der Waals surface area contributed by atoms with Crippen LogP contribution in [0.1, 0.15) is 33.0 Å². The Kier molecular flexibility index (Phi) is 11.1. The molecule has 56 heavy (non-hydrogen) atoms. The molecule has 3 aromatic carbocycles. The normalized spacial score (nSPS) is 13.5. The SMILES string of the molecule is CNC(=O)[C@H](Cc1ccc(C#N)cc1)Nc1nc(NCc2nc3cc(F)ccc3[nH]2)nc(Nc2cccc(CN3CCN(C(=O)c4nccnc4O)CC3)c2)n1. The number of aromatic amines is 1. The third-order valence-electron chi connectivity index (χ3n) is 9.06. The van der Waals surface area contributed by atoms with E-state index in [2.05, 4.69) is 67.1 Å². The standard InChI is InChI=1S/C38H37FN14O3/c1-41-33(54)30(18-23-5-7-24(20-40)8-6-23)48-38-50-36(44-21-31-46-28-10-9-26(39)19-29(28)47-31)49-37(51-38)45-27-4-2-3-25(17-27)22-52-13-15-53(16-14-52)35(56)32-34(55)43-12-11-42-32/h2-12,17,19,30H,13-16,18,21-22H2,1H3,(H,41,54)(H,43,55)(H,46,47)(H3,44,45,48,49,50,51)/t30-/m0/s1. The predicted octanol–water partition coefficient (Wildman–Crippen LogP) is 3.34. The smallest absolute Gasteiger partial charge is 0.278 e. The molecule has 1 fully saturated rings. The first-order chi connectivity index (χ1) is 27.2. The van der Waals surface area contributed by atoms with Crippen LogP contribution >= 0.6 is 0 Å². The van der Waals surface area contributed by atoms with Crippen LogP contribution < -0.4 is 21.3 Å². The van der Waals surface area contributed by atoms with Gasteiger partial charge in [-0.25, -0.2) is 19.3 Å². The lowest BCUT2D eigenvalue weighted by molar-refractivity contribution is -0.121. The molecule has 3 aromatic heterocycles. The molecule has 1 atom stereocenters. The van der Waals surface area contributed by atoms with Gasteiger partial charge >= 0.3 is 0 Å². The highest BCUT2D eigenvalue weighted by Gasteiger charge is 2.26. The summed E-state index contributed by atoms with van der Waals surface area (Å²) in [6.45, 7) is 2.98. The Morgan fingerprint density at radius 2 is 1.70 bits per heavy atom. The largest absolute Gasteiger partial charge is 0.492 e. The highest BCUT2D eigenvalue weighted by molar-refractivity contribution is 5.94. The topological polar surface area (TPSA) is 226 Å². The number of rotatable bonds is 13. The van der Waals surface area contributed by atoms with Gasteiger partial charge in [-0.1, -0.05) is 24.3 Å². The molecular formula is C38H37FN14O3. The van der Waals surface area contributed by atoms with Crippen molar-refractivity contribution < 1.29 is 19.1 Å². The maximum Gasteiger partial charge on any atom is 0.278 e. The highest BCUT2D eigenvalue weighted by Crippen LogP contribution is 2.21. The number of fused-ring (bicyclic) bond motifs is 1. The molecule has 0 spiro atoms. The fourth-order valence-corrected chi connectivity index (χ4v) is 6.22. The first-order valence-corrected chi connectivity index (χ1v) is 17.7. The monoisotopic (exact) mass is 756 g/mol. The Bertz CT molecular complexity index is 2390. The van der Waals surface area contributed by atoms with Crippen molar-refractivity contribution in [3.05, 3.63) is 113 Å². The summed E-state index contributed by atoms with van der Waals surface area (Å²) in [5.74, 6) is -0.388. The van der Waals surface area contributed by atoms with Crippen molar-refractivity contribution in [2.75, 3.05) is 49.2 Å². The van der Waals surface area contributed by atoms with Crippen molar-refractivity contribution in [3.63, 3.8) is 0 Å². The lowest BCUT2D eigenvalue weighted by Gasteiger charge is -2.34. The van der Waals surface area contributed by atoms with E-state index in [0.717, 1.165) is 11.1 Å². The minimum absolute atomic E-state index is 0.0589. The van der Waals surface area contributed by atoms with Crippen molar-refractivity contribution in [1.29, 1.82) is 5.26 Å². The van der Waals surface area contributed by atoms with E-state index in [0.29, 0.717) is 60.8 Å². The second-order valence-corrected chi connectivity index (χ2v) is 13.0.